The molecule has 2 rings (SSSR count). The number of nitrogens with one attached hydrogen (secondary N) is 1. The summed E-state index contributed by atoms with van der Waals surface area (Å²) in [6.45, 7) is 6.65. The second kappa shape index (κ2) is 9.40. The maximum absolute atomic E-state index is 12.1. The minimum atomic E-state index is -0.0300. The average Bonchev–Trinajstić information content (AvgIpc) is 2.58. The van der Waals surface area contributed by atoms with E-state index < -0.39 is 0 Å². The Balaban J connectivity index is 1.85. The van der Waals surface area contributed by atoms with Crippen LogP contribution in [0.25, 0.3) is 0 Å². The smallest absolute Gasteiger partial charge is 0.223 e. The van der Waals surface area contributed by atoms with Crippen molar-refractivity contribution >= 4 is 17.5 Å². The Hall–Kier alpha value is -2.10. The number of nitrogens with zero attached hydrogens (tertiary/aromatic N) is 1. The van der Waals surface area contributed by atoms with E-state index in [2.05, 4.69) is 11.4 Å². The van der Waals surface area contributed by atoms with Crippen molar-refractivity contribution in [2.75, 3.05) is 18.0 Å². The number of amides is 2. The molecule has 0 unspecified atom stereocenters. The van der Waals surface area contributed by atoms with Crippen LogP contribution < -0.4 is 10.2 Å². The number of hydrogen-bond donors (Lipinski definition) is 1. The van der Waals surface area contributed by atoms with E-state index in [1.807, 2.05) is 32.0 Å². The number of allylic oxidation sites excluding steroid dienone is 1. The Kier molecular flexibility index (Phi) is 7.23. The van der Waals surface area contributed by atoms with Crippen molar-refractivity contribution in [1.82, 2.24) is 5.32 Å². The maximum atomic E-state index is 12.1. The van der Waals surface area contributed by atoms with Crippen LogP contribution in [0.5, 0.6) is 0 Å². The molecule has 4 heteroatoms. The minimum Gasteiger partial charge on any atom is -0.356 e. The zero-order valence-corrected chi connectivity index (χ0v) is 15.7. The Morgan fingerprint density at radius 1 is 1.16 bits per heavy atom. The molecule has 1 aromatic carbocycles. The molecule has 0 saturated carbocycles. The summed E-state index contributed by atoms with van der Waals surface area (Å²) in [6, 6.07) is 5.98. The van der Waals surface area contributed by atoms with E-state index in [0.717, 1.165) is 23.2 Å². The first-order valence-corrected chi connectivity index (χ1v) is 9.28. The number of carbonyl (C=O) groups is 2. The Morgan fingerprint density at radius 2 is 1.88 bits per heavy atom. The normalized spacial score (nSPS) is 14.0. The molecular formula is C21H30N2O2. The fraction of sp³-hybridized carbons (Fsp3) is 0.524. The maximum Gasteiger partial charge on any atom is 0.223 e. The lowest BCUT2D eigenvalue weighted by molar-refractivity contribution is -0.121. The molecular weight excluding hydrogens is 312 g/mol. The van der Waals surface area contributed by atoms with Crippen molar-refractivity contribution in [2.45, 2.75) is 59.3 Å². The van der Waals surface area contributed by atoms with Crippen molar-refractivity contribution in [3.63, 3.8) is 0 Å². The highest BCUT2D eigenvalue weighted by molar-refractivity contribution is 5.94. The third-order valence-electron chi connectivity index (χ3n) is 4.81. The fourth-order valence-electron chi connectivity index (χ4n) is 3.45. The van der Waals surface area contributed by atoms with E-state index in [1.54, 1.807) is 11.8 Å². The van der Waals surface area contributed by atoms with Gasteiger partial charge in [0.25, 0.3) is 0 Å². The van der Waals surface area contributed by atoms with Crippen molar-refractivity contribution in [3.05, 3.63) is 41.0 Å². The molecule has 1 aromatic rings. The number of benzene rings is 1. The van der Waals surface area contributed by atoms with Gasteiger partial charge < -0.3 is 10.2 Å². The molecule has 1 aliphatic rings. The molecule has 136 valence electrons. The third-order valence-corrected chi connectivity index (χ3v) is 4.81. The Morgan fingerprint density at radius 3 is 2.48 bits per heavy atom. The topological polar surface area (TPSA) is 49.4 Å². The van der Waals surface area contributed by atoms with Gasteiger partial charge in [0.2, 0.25) is 11.8 Å². The zero-order valence-electron chi connectivity index (χ0n) is 15.7. The van der Waals surface area contributed by atoms with Gasteiger partial charge in [-0.05, 0) is 57.1 Å². The van der Waals surface area contributed by atoms with Gasteiger partial charge in [-0.1, -0.05) is 29.8 Å². The molecule has 0 aromatic heterocycles. The van der Waals surface area contributed by atoms with Gasteiger partial charge in [0.15, 0.2) is 0 Å². The quantitative estimate of drug-likeness (QED) is 0.760. The van der Waals surface area contributed by atoms with Gasteiger partial charge in [-0.2, -0.15) is 0 Å². The number of aryl methyl sites for hydroxylation is 2. The summed E-state index contributed by atoms with van der Waals surface area (Å²) in [7, 11) is 0. The standard InChI is InChI=1S/C21H30N2O2/c1-16-8-7-9-17(2)21(16)23(18(3)24)15-13-20(25)22-14-12-19-10-5-4-6-11-19/h7-10H,4-6,11-15H2,1-3H3,(H,22,25). The molecule has 0 heterocycles. The second-order valence-electron chi connectivity index (χ2n) is 6.87. The SMILES string of the molecule is CC(=O)N(CCC(=O)NCCC1=CCCCC1)c1c(C)cccc1C. The number of rotatable bonds is 7. The van der Waals surface area contributed by atoms with Crippen molar-refractivity contribution < 1.29 is 9.59 Å². The molecule has 0 atom stereocenters. The lowest BCUT2D eigenvalue weighted by Crippen LogP contribution is -2.35. The lowest BCUT2D eigenvalue weighted by Gasteiger charge is -2.25. The third kappa shape index (κ3) is 5.73. The number of carbonyl (C=O) groups excluding carboxylic acids is 2. The summed E-state index contributed by atoms with van der Waals surface area (Å²) in [5.41, 5.74) is 4.50. The number of hydrogen-bond acceptors (Lipinski definition) is 2. The highest BCUT2D eigenvalue weighted by atomic mass is 16.2. The number of anilines is 1. The number of para-hydroxylation sites is 1. The van der Waals surface area contributed by atoms with E-state index in [1.165, 1.54) is 31.3 Å². The fourth-order valence-corrected chi connectivity index (χ4v) is 3.45. The van der Waals surface area contributed by atoms with Gasteiger partial charge in [-0.3, -0.25) is 9.59 Å². The first-order chi connectivity index (χ1) is 12.0. The first-order valence-electron chi connectivity index (χ1n) is 9.28. The van der Waals surface area contributed by atoms with Gasteiger partial charge in [0.1, 0.15) is 0 Å². The molecule has 0 saturated heterocycles. The van der Waals surface area contributed by atoms with Gasteiger partial charge in [0.05, 0.1) is 0 Å². The van der Waals surface area contributed by atoms with E-state index in [4.69, 9.17) is 0 Å². The molecule has 0 aliphatic heterocycles. The van der Waals surface area contributed by atoms with Crippen LogP contribution in [0.2, 0.25) is 0 Å². The molecule has 2 amide bonds. The summed E-state index contributed by atoms with van der Waals surface area (Å²) >= 11 is 0. The second-order valence-corrected chi connectivity index (χ2v) is 6.87. The van der Waals surface area contributed by atoms with Crippen molar-refractivity contribution in [2.24, 2.45) is 0 Å². The lowest BCUT2D eigenvalue weighted by atomic mass is 9.97. The average molecular weight is 342 g/mol. The van der Waals surface area contributed by atoms with Crippen LogP contribution >= 0.6 is 0 Å². The molecule has 0 radical (unpaired) electrons. The molecule has 0 bridgehead atoms. The summed E-state index contributed by atoms with van der Waals surface area (Å²) in [5.74, 6) is -0.0218. The van der Waals surface area contributed by atoms with Crippen LogP contribution in [0, 0.1) is 13.8 Å². The molecule has 1 N–H and O–H groups in total. The van der Waals surface area contributed by atoms with Gasteiger partial charge in [-0.15, -0.1) is 0 Å². The summed E-state index contributed by atoms with van der Waals surface area (Å²) < 4.78 is 0. The van der Waals surface area contributed by atoms with Crippen LogP contribution in [0.15, 0.2) is 29.8 Å². The van der Waals surface area contributed by atoms with Crippen LogP contribution in [0.1, 0.15) is 56.6 Å². The van der Waals surface area contributed by atoms with E-state index >= 15 is 0 Å². The molecule has 0 fully saturated rings. The van der Waals surface area contributed by atoms with Gasteiger partial charge >= 0.3 is 0 Å². The molecule has 25 heavy (non-hydrogen) atoms. The van der Waals surface area contributed by atoms with E-state index in [-0.39, 0.29) is 11.8 Å². The zero-order chi connectivity index (χ0) is 18.2. The molecule has 0 spiro atoms. The predicted molar refractivity (Wildman–Crippen MR) is 103 cm³/mol. The monoisotopic (exact) mass is 342 g/mol. The molecule has 4 nitrogen and oxygen atoms in total. The van der Waals surface area contributed by atoms with Gasteiger partial charge in [0, 0.05) is 32.1 Å². The van der Waals surface area contributed by atoms with Crippen LogP contribution in [0.3, 0.4) is 0 Å². The summed E-state index contributed by atoms with van der Waals surface area (Å²) in [4.78, 5) is 25.9. The largest absolute Gasteiger partial charge is 0.356 e. The predicted octanol–water partition coefficient (Wildman–Crippen LogP) is 4.05. The Bertz CT molecular complexity index is 629. The van der Waals surface area contributed by atoms with E-state index in [9.17, 15) is 9.59 Å². The summed E-state index contributed by atoms with van der Waals surface area (Å²) in [6.07, 6.45) is 8.48. The molecule has 1 aliphatic carbocycles. The van der Waals surface area contributed by atoms with Crippen LogP contribution in [-0.4, -0.2) is 24.9 Å². The Labute approximate surface area is 151 Å². The van der Waals surface area contributed by atoms with Crippen molar-refractivity contribution in [1.29, 1.82) is 0 Å². The highest BCUT2D eigenvalue weighted by Gasteiger charge is 2.17. The van der Waals surface area contributed by atoms with E-state index in [0.29, 0.717) is 19.5 Å². The van der Waals surface area contributed by atoms with Crippen LogP contribution in [0.4, 0.5) is 5.69 Å². The van der Waals surface area contributed by atoms with Crippen molar-refractivity contribution in [3.8, 4) is 0 Å². The minimum absolute atomic E-state index is 0.00824. The van der Waals surface area contributed by atoms with Gasteiger partial charge in [-0.25, -0.2) is 0 Å². The highest BCUT2D eigenvalue weighted by Crippen LogP contribution is 2.25. The van der Waals surface area contributed by atoms with Crippen LogP contribution in [-0.2, 0) is 9.59 Å². The first kappa shape index (κ1) is 19.2. The summed E-state index contributed by atoms with van der Waals surface area (Å²) in [5, 5.41) is 2.99.